The monoisotopic (exact) mass is 435 g/mol. The molecule has 0 aliphatic carbocycles. The van der Waals surface area contributed by atoms with E-state index in [1.54, 1.807) is 36.4 Å². The lowest BCUT2D eigenvalue weighted by Crippen LogP contribution is -1.93. The van der Waals surface area contributed by atoms with Crippen LogP contribution >= 0.6 is 11.6 Å². The Labute approximate surface area is 183 Å². The van der Waals surface area contributed by atoms with Crippen LogP contribution in [0.3, 0.4) is 0 Å². The number of halogens is 1. The average Bonchev–Trinajstić information content (AvgIpc) is 3.42. The van der Waals surface area contributed by atoms with Crippen molar-refractivity contribution >= 4 is 23.2 Å². The standard InChI is InChI=1S/C23H18ClN3O4/c1-2-28-17-9-5-16(6-10-17)26-22-20(13-25)27-23(31-22)21-12-11-19(30-21)14-29-18-7-3-15(24)4-8-18/h3-12,26H,2,14H2,1H3. The van der Waals surface area contributed by atoms with Gasteiger partial charge in [0, 0.05) is 10.7 Å². The summed E-state index contributed by atoms with van der Waals surface area (Å²) in [6.07, 6.45) is 0. The lowest BCUT2D eigenvalue weighted by Gasteiger charge is -2.05. The zero-order valence-corrected chi connectivity index (χ0v) is 17.3. The Bertz CT molecular complexity index is 1190. The highest BCUT2D eigenvalue weighted by Crippen LogP contribution is 2.30. The van der Waals surface area contributed by atoms with Gasteiger partial charge in [0.15, 0.2) is 5.76 Å². The maximum atomic E-state index is 9.41. The number of hydrogen-bond acceptors (Lipinski definition) is 7. The van der Waals surface area contributed by atoms with Crippen LogP contribution in [0.1, 0.15) is 18.4 Å². The zero-order valence-electron chi connectivity index (χ0n) is 16.6. The molecule has 0 spiro atoms. The van der Waals surface area contributed by atoms with Crippen molar-refractivity contribution in [1.82, 2.24) is 4.98 Å². The number of benzene rings is 2. The first kappa shape index (κ1) is 20.4. The molecule has 7 nitrogen and oxygen atoms in total. The second-order valence-electron chi connectivity index (χ2n) is 6.40. The summed E-state index contributed by atoms with van der Waals surface area (Å²) in [5.74, 6) is 2.84. The minimum atomic E-state index is 0.124. The first-order chi connectivity index (χ1) is 15.1. The molecule has 0 saturated heterocycles. The Morgan fingerprint density at radius 3 is 2.39 bits per heavy atom. The molecule has 2 heterocycles. The van der Waals surface area contributed by atoms with Gasteiger partial charge in [-0.2, -0.15) is 10.2 Å². The molecule has 0 saturated carbocycles. The van der Waals surface area contributed by atoms with Crippen molar-refractivity contribution < 1.29 is 18.3 Å². The fourth-order valence-electron chi connectivity index (χ4n) is 2.77. The van der Waals surface area contributed by atoms with Crippen LogP contribution < -0.4 is 14.8 Å². The number of nitrogens with one attached hydrogen (secondary N) is 1. The van der Waals surface area contributed by atoms with Crippen molar-refractivity contribution in [2.45, 2.75) is 13.5 Å². The van der Waals surface area contributed by atoms with Crippen LogP contribution in [-0.2, 0) is 6.61 Å². The largest absolute Gasteiger partial charge is 0.494 e. The molecule has 156 valence electrons. The van der Waals surface area contributed by atoms with Gasteiger partial charge in [0.25, 0.3) is 5.89 Å². The number of nitrogens with zero attached hydrogens (tertiary/aromatic N) is 2. The molecule has 0 fully saturated rings. The van der Waals surface area contributed by atoms with E-state index in [4.69, 9.17) is 29.9 Å². The minimum Gasteiger partial charge on any atom is -0.494 e. The van der Waals surface area contributed by atoms with Crippen LogP contribution in [0.15, 0.2) is 69.5 Å². The van der Waals surface area contributed by atoms with Crippen molar-refractivity contribution in [3.8, 4) is 29.2 Å². The predicted octanol–water partition coefficient (Wildman–Crippen LogP) is 6.18. The van der Waals surface area contributed by atoms with Gasteiger partial charge in [0.2, 0.25) is 11.6 Å². The molecular formula is C23H18ClN3O4. The number of furan rings is 1. The van der Waals surface area contributed by atoms with Crippen LogP contribution in [0.2, 0.25) is 5.02 Å². The van der Waals surface area contributed by atoms with Crippen molar-refractivity contribution in [2.24, 2.45) is 0 Å². The van der Waals surface area contributed by atoms with E-state index in [0.29, 0.717) is 28.9 Å². The van der Waals surface area contributed by atoms with Gasteiger partial charge in [0.05, 0.1) is 6.61 Å². The van der Waals surface area contributed by atoms with Crippen molar-refractivity contribution in [2.75, 3.05) is 11.9 Å². The van der Waals surface area contributed by atoms with E-state index >= 15 is 0 Å². The summed E-state index contributed by atoms with van der Waals surface area (Å²) in [6, 6.07) is 19.9. The first-order valence-electron chi connectivity index (χ1n) is 9.53. The van der Waals surface area contributed by atoms with E-state index < -0.39 is 0 Å². The molecule has 0 unspecified atom stereocenters. The lowest BCUT2D eigenvalue weighted by molar-refractivity contribution is 0.271. The maximum Gasteiger partial charge on any atom is 0.266 e. The summed E-state index contributed by atoms with van der Waals surface area (Å²) in [4.78, 5) is 4.22. The van der Waals surface area contributed by atoms with Crippen molar-refractivity contribution in [3.63, 3.8) is 0 Å². The molecule has 0 atom stereocenters. The fourth-order valence-corrected chi connectivity index (χ4v) is 2.90. The van der Waals surface area contributed by atoms with Gasteiger partial charge in [0.1, 0.15) is 29.9 Å². The Morgan fingerprint density at radius 2 is 1.68 bits per heavy atom. The highest BCUT2D eigenvalue weighted by atomic mass is 35.5. The molecule has 0 radical (unpaired) electrons. The van der Waals surface area contributed by atoms with E-state index in [0.717, 1.165) is 11.4 Å². The van der Waals surface area contributed by atoms with Crippen LogP contribution in [0.25, 0.3) is 11.7 Å². The van der Waals surface area contributed by atoms with Gasteiger partial charge >= 0.3 is 0 Å². The summed E-state index contributed by atoms with van der Waals surface area (Å²) in [7, 11) is 0. The smallest absolute Gasteiger partial charge is 0.266 e. The highest BCUT2D eigenvalue weighted by Gasteiger charge is 2.18. The van der Waals surface area contributed by atoms with E-state index in [1.165, 1.54) is 0 Å². The van der Waals surface area contributed by atoms with Gasteiger partial charge in [-0.1, -0.05) is 11.6 Å². The molecule has 4 rings (SSSR count). The quantitative estimate of drug-likeness (QED) is 0.353. The number of hydrogen-bond donors (Lipinski definition) is 1. The van der Waals surface area contributed by atoms with Gasteiger partial charge in [-0.3, -0.25) is 0 Å². The number of ether oxygens (including phenoxy) is 2. The molecule has 0 bridgehead atoms. The molecule has 0 aliphatic heterocycles. The van der Waals surface area contributed by atoms with Crippen LogP contribution in [0, 0.1) is 11.3 Å². The van der Waals surface area contributed by atoms with Gasteiger partial charge in [-0.05, 0) is 67.6 Å². The van der Waals surface area contributed by atoms with Gasteiger partial charge < -0.3 is 23.6 Å². The van der Waals surface area contributed by atoms with Crippen LogP contribution in [0.5, 0.6) is 11.5 Å². The Hall–Kier alpha value is -3.89. The molecule has 1 N–H and O–H groups in total. The molecular weight excluding hydrogens is 418 g/mol. The number of oxazole rings is 1. The van der Waals surface area contributed by atoms with Crippen molar-refractivity contribution in [1.29, 1.82) is 5.26 Å². The Morgan fingerprint density at radius 1 is 0.968 bits per heavy atom. The molecule has 0 amide bonds. The maximum absolute atomic E-state index is 9.41. The molecule has 0 aliphatic rings. The van der Waals surface area contributed by atoms with E-state index in [1.807, 2.05) is 37.3 Å². The third-order valence-electron chi connectivity index (χ3n) is 4.22. The molecule has 31 heavy (non-hydrogen) atoms. The number of nitriles is 1. The molecule has 2 aromatic heterocycles. The molecule has 4 aromatic rings. The summed E-state index contributed by atoms with van der Waals surface area (Å²) in [5.41, 5.74) is 0.860. The topological polar surface area (TPSA) is 93.4 Å². The summed E-state index contributed by atoms with van der Waals surface area (Å²) < 4.78 is 22.6. The minimum absolute atomic E-state index is 0.124. The van der Waals surface area contributed by atoms with Crippen LogP contribution in [0.4, 0.5) is 11.6 Å². The van der Waals surface area contributed by atoms with E-state index in [2.05, 4.69) is 10.3 Å². The third-order valence-corrected chi connectivity index (χ3v) is 4.48. The summed E-state index contributed by atoms with van der Waals surface area (Å²) in [6.45, 7) is 2.74. The lowest BCUT2D eigenvalue weighted by atomic mass is 10.3. The fraction of sp³-hybridized carbons (Fsp3) is 0.130. The summed E-state index contributed by atoms with van der Waals surface area (Å²) in [5, 5.41) is 13.1. The highest BCUT2D eigenvalue weighted by molar-refractivity contribution is 6.30. The average molecular weight is 436 g/mol. The molecule has 8 heteroatoms. The van der Waals surface area contributed by atoms with Crippen LogP contribution in [-0.4, -0.2) is 11.6 Å². The first-order valence-corrected chi connectivity index (χ1v) is 9.90. The summed E-state index contributed by atoms with van der Waals surface area (Å²) >= 11 is 5.87. The second-order valence-corrected chi connectivity index (χ2v) is 6.84. The van der Waals surface area contributed by atoms with E-state index in [-0.39, 0.29) is 24.1 Å². The Balaban J connectivity index is 1.46. The predicted molar refractivity (Wildman–Crippen MR) is 116 cm³/mol. The third kappa shape index (κ3) is 5.00. The zero-order chi connectivity index (χ0) is 21.6. The number of aromatic nitrogens is 1. The number of rotatable bonds is 8. The SMILES string of the molecule is CCOc1ccc(Nc2oc(-c3ccc(COc4ccc(Cl)cc4)o3)nc2C#N)cc1. The van der Waals surface area contributed by atoms with Gasteiger partial charge in [-0.15, -0.1) is 0 Å². The normalized spacial score (nSPS) is 10.5. The second kappa shape index (κ2) is 9.28. The van der Waals surface area contributed by atoms with Gasteiger partial charge in [-0.25, -0.2) is 0 Å². The van der Waals surface area contributed by atoms with E-state index in [9.17, 15) is 5.26 Å². The van der Waals surface area contributed by atoms with Crippen molar-refractivity contribution in [3.05, 3.63) is 77.1 Å². The Kier molecular flexibility index (Phi) is 6.11. The number of anilines is 2. The molecule has 2 aromatic carbocycles.